The summed E-state index contributed by atoms with van der Waals surface area (Å²) in [5.74, 6) is 1.81. The molecule has 3 atom stereocenters. The summed E-state index contributed by atoms with van der Waals surface area (Å²) in [6, 6.07) is 0.322. The summed E-state index contributed by atoms with van der Waals surface area (Å²) < 4.78 is 0. The van der Waals surface area contributed by atoms with Crippen molar-refractivity contribution in [3.8, 4) is 0 Å². The van der Waals surface area contributed by atoms with E-state index in [1.807, 2.05) is 0 Å². The van der Waals surface area contributed by atoms with Crippen molar-refractivity contribution in [3.63, 3.8) is 0 Å². The largest absolute Gasteiger partial charge is 0.327 e. The molecule has 15 heavy (non-hydrogen) atoms. The van der Waals surface area contributed by atoms with E-state index in [2.05, 4.69) is 25.7 Å². The van der Waals surface area contributed by atoms with Gasteiger partial charge in [-0.15, -0.1) is 0 Å². The standard InChI is InChI=1S/C13H26N2/c1-4-12-9-15(8-11(3)14)7-10(2)13(12)5-6-13/h10-12H,4-9,14H2,1-3H3. The molecule has 0 aromatic heterocycles. The molecule has 1 saturated heterocycles. The van der Waals surface area contributed by atoms with Crippen LogP contribution in [0.3, 0.4) is 0 Å². The van der Waals surface area contributed by atoms with Crippen LogP contribution in [0.25, 0.3) is 0 Å². The summed E-state index contributed by atoms with van der Waals surface area (Å²) in [6.45, 7) is 10.6. The van der Waals surface area contributed by atoms with Crippen LogP contribution < -0.4 is 5.73 Å². The normalized spacial score (nSPS) is 36.8. The highest BCUT2D eigenvalue weighted by atomic mass is 15.2. The van der Waals surface area contributed by atoms with Gasteiger partial charge in [0.2, 0.25) is 0 Å². The van der Waals surface area contributed by atoms with Crippen LogP contribution in [-0.4, -0.2) is 30.6 Å². The first-order valence-electron chi connectivity index (χ1n) is 6.56. The molecule has 2 nitrogen and oxygen atoms in total. The second-order valence-electron chi connectivity index (χ2n) is 5.94. The van der Waals surface area contributed by atoms with Crippen LogP contribution in [0.2, 0.25) is 0 Å². The summed E-state index contributed by atoms with van der Waals surface area (Å²) in [5.41, 5.74) is 6.64. The van der Waals surface area contributed by atoms with Crippen molar-refractivity contribution in [2.45, 2.75) is 46.1 Å². The average Bonchev–Trinajstić information content (AvgIpc) is 2.92. The number of nitrogens with two attached hydrogens (primary N) is 1. The van der Waals surface area contributed by atoms with Gasteiger partial charge in [-0.1, -0.05) is 20.3 Å². The van der Waals surface area contributed by atoms with Crippen LogP contribution in [0.1, 0.15) is 40.0 Å². The zero-order valence-corrected chi connectivity index (χ0v) is 10.5. The molecule has 0 amide bonds. The molecular weight excluding hydrogens is 184 g/mol. The molecule has 88 valence electrons. The second-order valence-corrected chi connectivity index (χ2v) is 5.94. The third-order valence-electron chi connectivity index (χ3n) is 4.67. The lowest BCUT2D eigenvalue weighted by atomic mass is 9.74. The Kier molecular flexibility index (Phi) is 3.09. The first-order valence-corrected chi connectivity index (χ1v) is 6.56. The first kappa shape index (κ1) is 11.4. The van der Waals surface area contributed by atoms with Gasteiger partial charge in [0.25, 0.3) is 0 Å². The number of likely N-dealkylation sites (tertiary alicyclic amines) is 1. The van der Waals surface area contributed by atoms with Crippen molar-refractivity contribution in [3.05, 3.63) is 0 Å². The number of piperidine rings is 1. The highest BCUT2D eigenvalue weighted by molar-refractivity contribution is 5.05. The van der Waals surface area contributed by atoms with E-state index in [1.54, 1.807) is 0 Å². The van der Waals surface area contributed by atoms with E-state index in [4.69, 9.17) is 5.73 Å². The summed E-state index contributed by atoms with van der Waals surface area (Å²) in [4.78, 5) is 2.59. The Balaban J connectivity index is 1.98. The van der Waals surface area contributed by atoms with Gasteiger partial charge in [0, 0.05) is 25.7 Å². The number of hydrogen-bond donors (Lipinski definition) is 1. The molecule has 0 aromatic rings. The third-order valence-corrected chi connectivity index (χ3v) is 4.67. The zero-order valence-electron chi connectivity index (χ0n) is 10.5. The molecule has 2 rings (SSSR count). The maximum atomic E-state index is 5.90. The van der Waals surface area contributed by atoms with Gasteiger partial charge in [0.05, 0.1) is 0 Å². The third kappa shape index (κ3) is 2.07. The lowest BCUT2D eigenvalue weighted by molar-refractivity contribution is 0.0478. The van der Waals surface area contributed by atoms with Crippen molar-refractivity contribution in [1.29, 1.82) is 0 Å². The van der Waals surface area contributed by atoms with E-state index in [-0.39, 0.29) is 0 Å². The van der Waals surface area contributed by atoms with Crippen molar-refractivity contribution < 1.29 is 0 Å². The molecule has 0 bridgehead atoms. The number of rotatable bonds is 3. The van der Waals surface area contributed by atoms with Crippen LogP contribution in [0.15, 0.2) is 0 Å². The molecule has 1 aliphatic heterocycles. The van der Waals surface area contributed by atoms with E-state index in [0.717, 1.165) is 23.8 Å². The van der Waals surface area contributed by atoms with Crippen molar-refractivity contribution >= 4 is 0 Å². The smallest absolute Gasteiger partial charge is 0.0139 e. The Morgan fingerprint density at radius 2 is 2.07 bits per heavy atom. The fourth-order valence-corrected chi connectivity index (χ4v) is 3.68. The van der Waals surface area contributed by atoms with Gasteiger partial charge >= 0.3 is 0 Å². The van der Waals surface area contributed by atoms with Gasteiger partial charge in [0.1, 0.15) is 0 Å². The van der Waals surface area contributed by atoms with E-state index in [9.17, 15) is 0 Å². The molecule has 2 heteroatoms. The number of hydrogen-bond acceptors (Lipinski definition) is 2. The summed E-state index contributed by atoms with van der Waals surface area (Å²) in [7, 11) is 0. The summed E-state index contributed by atoms with van der Waals surface area (Å²) in [6.07, 6.45) is 4.32. The molecule has 0 aromatic carbocycles. The van der Waals surface area contributed by atoms with Crippen molar-refractivity contribution in [2.75, 3.05) is 19.6 Å². The summed E-state index contributed by atoms with van der Waals surface area (Å²) >= 11 is 0. The molecule has 1 heterocycles. The fourth-order valence-electron chi connectivity index (χ4n) is 3.68. The van der Waals surface area contributed by atoms with Crippen LogP contribution in [0.5, 0.6) is 0 Å². The zero-order chi connectivity index (χ0) is 11.1. The van der Waals surface area contributed by atoms with Crippen molar-refractivity contribution in [2.24, 2.45) is 23.0 Å². The summed E-state index contributed by atoms with van der Waals surface area (Å²) in [5, 5.41) is 0. The van der Waals surface area contributed by atoms with Gasteiger partial charge in [-0.3, -0.25) is 0 Å². The van der Waals surface area contributed by atoms with E-state index in [0.29, 0.717) is 6.04 Å². The minimum atomic E-state index is 0.322. The van der Waals surface area contributed by atoms with Crippen LogP contribution in [-0.2, 0) is 0 Å². The molecule has 2 aliphatic rings. The topological polar surface area (TPSA) is 29.3 Å². The molecule has 1 aliphatic carbocycles. The van der Waals surface area contributed by atoms with Gasteiger partial charge in [-0.05, 0) is 37.0 Å². The van der Waals surface area contributed by atoms with Gasteiger partial charge in [0.15, 0.2) is 0 Å². The van der Waals surface area contributed by atoms with Crippen LogP contribution >= 0.6 is 0 Å². The maximum Gasteiger partial charge on any atom is 0.0139 e. The average molecular weight is 210 g/mol. The Morgan fingerprint density at radius 3 is 2.53 bits per heavy atom. The molecule has 1 saturated carbocycles. The quantitative estimate of drug-likeness (QED) is 0.773. The molecule has 3 unspecified atom stereocenters. The monoisotopic (exact) mass is 210 g/mol. The van der Waals surface area contributed by atoms with Gasteiger partial charge < -0.3 is 10.6 Å². The van der Waals surface area contributed by atoms with Crippen LogP contribution in [0, 0.1) is 17.3 Å². The van der Waals surface area contributed by atoms with Gasteiger partial charge in [-0.25, -0.2) is 0 Å². The Morgan fingerprint density at radius 1 is 1.40 bits per heavy atom. The highest BCUT2D eigenvalue weighted by Gasteiger charge is 2.54. The van der Waals surface area contributed by atoms with Crippen LogP contribution in [0.4, 0.5) is 0 Å². The van der Waals surface area contributed by atoms with Gasteiger partial charge in [-0.2, -0.15) is 0 Å². The molecule has 2 fully saturated rings. The predicted molar refractivity (Wildman–Crippen MR) is 64.7 cm³/mol. The highest BCUT2D eigenvalue weighted by Crippen LogP contribution is 2.60. The SMILES string of the molecule is CCC1CN(CC(C)N)CC(C)C12CC2. The van der Waals surface area contributed by atoms with E-state index in [1.165, 1.54) is 32.4 Å². The maximum absolute atomic E-state index is 5.90. The predicted octanol–water partition coefficient (Wildman–Crippen LogP) is 2.09. The van der Waals surface area contributed by atoms with E-state index >= 15 is 0 Å². The molecule has 0 radical (unpaired) electrons. The van der Waals surface area contributed by atoms with E-state index < -0.39 is 0 Å². The Hall–Kier alpha value is -0.0800. The lowest BCUT2D eigenvalue weighted by Gasteiger charge is -2.44. The fraction of sp³-hybridized carbons (Fsp3) is 1.00. The molecule has 1 spiro atoms. The first-order chi connectivity index (χ1) is 7.08. The van der Waals surface area contributed by atoms with Crippen molar-refractivity contribution in [1.82, 2.24) is 4.90 Å². The molecule has 2 N–H and O–H groups in total. The molecular formula is C13H26N2. The lowest BCUT2D eigenvalue weighted by Crippen LogP contribution is -2.49. The Bertz CT molecular complexity index is 221. The second kappa shape index (κ2) is 4.06. The number of nitrogens with zero attached hydrogens (tertiary/aromatic N) is 1. The minimum absolute atomic E-state index is 0.322. The Labute approximate surface area is 94.2 Å². The minimum Gasteiger partial charge on any atom is -0.327 e.